The molecule has 0 unspecified atom stereocenters. The maximum absolute atomic E-state index is 13.1. The first-order valence-electron chi connectivity index (χ1n) is 10.2. The molecule has 2 heterocycles. The molecular weight excluding hydrogens is 395 g/mol. The maximum Gasteiger partial charge on any atom is 0.234 e. The van der Waals surface area contributed by atoms with E-state index in [0.29, 0.717) is 19.6 Å². The van der Waals surface area contributed by atoms with Crippen LogP contribution in [0.4, 0.5) is 4.39 Å². The molecule has 4 rings (SSSR count). The molecule has 0 aliphatic carbocycles. The van der Waals surface area contributed by atoms with Crippen LogP contribution in [0.3, 0.4) is 0 Å². The smallest absolute Gasteiger partial charge is 0.234 e. The van der Waals surface area contributed by atoms with Crippen LogP contribution >= 0.6 is 0 Å². The lowest BCUT2D eigenvalue weighted by atomic mass is 10.0. The zero-order chi connectivity index (χ0) is 21.6. The minimum atomic E-state index is -0.265. The van der Waals surface area contributed by atoms with Gasteiger partial charge in [0, 0.05) is 31.4 Å². The van der Waals surface area contributed by atoms with Gasteiger partial charge < -0.3 is 10.1 Å². The van der Waals surface area contributed by atoms with Crippen molar-refractivity contribution < 1.29 is 13.9 Å². The lowest BCUT2D eigenvalue weighted by molar-refractivity contribution is -0.122. The molecule has 0 spiro atoms. The number of benzene rings is 2. The van der Waals surface area contributed by atoms with E-state index >= 15 is 0 Å². The van der Waals surface area contributed by atoms with Gasteiger partial charge in [0.1, 0.15) is 11.6 Å². The van der Waals surface area contributed by atoms with E-state index in [1.807, 2.05) is 36.7 Å². The van der Waals surface area contributed by atoms with Gasteiger partial charge in [0.05, 0.1) is 25.5 Å². The first-order chi connectivity index (χ1) is 15.1. The summed E-state index contributed by atoms with van der Waals surface area (Å²) in [6.07, 6.45) is 6.77. The Morgan fingerprint density at radius 3 is 2.81 bits per heavy atom. The van der Waals surface area contributed by atoms with Gasteiger partial charge in [-0.1, -0.05) is 18.2 Å². The molecule has 2 aromatic carbocycles. The van der Waals surface area contributed by atoms with Gasteiger partial charge in [-0.3, -0.25) is 9.69 Å². The van der Waals surface area contributed by atoms with Crippen LogP contribution in [-0.2, 0) is 11.3 Å². The van der Waals surface area contributed by atoms with Crippen molar-refractivity contribution in [1.82, 2.24) is 20.0 Å². The predicted molar refractivity (Wildman–Crippen MR) is 117 cm³/mol. The maximum atomic E-state index is 13.1. The molecule has 1 amide bonds. The summed E-state index contributed by atoms with van der Waals surface area (Å²) >= 11 is 0. The van der Waals surface area contributed by atoms with Crippen LogP contribution in [0.15, 0.2) is 67.0 Å². The van der Waals surface area contributed by atoms with E-state index in [-0.39, 0.29) is 11.7 Å². The van der Waals surface area contributed by atoms with Crippen molar-refractivity contribution in [2.75, 3.05) is 26.7 Å². The third kappa shape index (κ3) is 5.38. The highest BCUT2D eigenvalue weighted by molar-refractivity contribution is 5.78. The van der Waals surface area contributed by atoms with E-state index < -0.39 is 0 Å². The lowest BCUT2D eigenvalue weighted by Crippen LogP contribution is -2.39. The Bertz CT molecular complexity index is 1080. The number of nitrogens with zero attached hydrogens (tertiary/aromatic N) is 3. The van der Waals surface area contributed by atoms with Crippen molar-refractivity contribution in [1.29, 1.82) is 0 Å². The Kier molecular flexibility index (Phi) is 6.43. The van der Waals surface area contributed by atoms with E-state index in [1.165, 1.54) is 17.7 Å². The van der Waals surface area contributed by atoms with Gasteiger partial charge in [-0.25, -0.2) is 9.07 Å². The van der Waals surface area contributed by atoms with Crippen LogP contribution in [0.25, 0.3) is 11.3 Å². The van der Waals surface area contributed by atoms with Crippen LogP contribution in [0.2, 0.25) is 0 Å². The number of hydrogen-bond acceptors (Lipinski definition) is 4. The fourth-order valence-corrected chi connectivity index (χ4v) is 3.58. The Balaban J connectivity index is 1.29. The molecule has 1 aliphatic rings. The molecule has 1 aromatic heterocycles. The van der Waals surface area contributed by atoms with E-state index in [2.05, 4.69) is 21.4 Å². The van der Waals surface area contributed by atoms with Gasteiger partial charge in [0.25, 0.3) is 0 Å². The quantitative estimate of drug-likeness (QED) is 0.636. The molecule has 0 saturated carbocycles. The molecule has 0 atom stereocenters. The van der Waals surface area contributed by atoms with Gasteiger partial charge >= 0.3 is 0 Å². The second kappa shape index (κ2) is 9.57. The number of methoxy groups -OCH3 is 1. The fourth-order valence-electron chi connectivity index (χ4n) is 3.58. The van der Waals surface area contributed by atoms with Crippen molar-refractivity contribution in [3.63, 3.8) is 0 Å². The highest BCUT2D eigenvalue weighted by Gasteiger charge is 2.17. The third-order valence-electron chi connectivity index (χ3n) is 5.33. The van der Waals surface area contributed by atoms with Crippen LogP contribution in [-0.4, -0.2) is 47.3 Å². The molecule has 1 N–H and O–H groups in total. The van der Waals surface area contributed by atoms with Crippen LogP contribution < -0.4 is 10.1 Å². The average Bonchev–Trinajstić information content (AvgIpc) is 3.29. The predicted octanol–water partition coefficient (Wildman–Crippen LogP) is 3.43. The first kappa shape index (κ1) is 20.8. The van der Waals surface area contributed by atoms with Gasteiger partial charge in [0.15, 0.2) is 0 Å². The summed E-state index contributed by atoms with van der Waals surface area (Å²) in [5, 5.41) is 7.36. The molecule has 6 nitrogen and oxygen atoms in total. The number of nitrogens with one attached hydrogen (secondary N) is 1. The van der Waals surface area contributed by atoms with Crippen molar-refractivity contribution in [3.8, 4) is 11.4 Å². The largest absolute Gasteiger partial charge is 0.497 e. The van der Waals surface area contributed by atoms with Crippen LogP contribution in [0.1, 0.15) is 17.5 Å². The van der Waals surface area contributed by atoms with E-state index in [9.17, 15) is 9.18 Å². The zero-order valence-corrected chi connectivity index (χ0v) is 17.4. The summed E-state index contributed by atoms with van der Waals surface area (Å²) in [7, 11) is 1.63. The summed E-state index contributed by atoms with van der Waals surface area (Å²) in [6, 6.07) is 13.9. The number of halogens is 1. The van der Waals surface area contributed by atoms with Gasteiger partial charge in [-0.05, 0) is 54.0 Å². The lowest BCUT2D eigenvalue weighted by Gasteiger charge is -2.25. The molecule has 160 valence electrons. The molecular formula is C24H25FN4O2. The monoisotopic (exact) mass is 420 g/mol. The minimum absolute atomic E-state index is 0.00352. The minimum Gasteiger partial charge on any atom is -0.497 e. The van der Waals surface area contributed by atoms with E-state index in [0.717, 1.165) is 35.5 Å². The summed E-state index contributed by atoms with van der Waals surface area (Å²) in [6.45, 7) is 2.36. The second-order valence-corrected chi connectivity index (χ2v) is 7.49. The molecule has 7 heteroatoms. The molecule has 0 fully saturated rings. The van der Waals surface area contributed by atoms with Crippen molar-refractivity contribution >= 4 is 11.5 Å². The number of rotatable bonds is 7. The average molecular weight is 420 g/mol. The third-order valence-corrected chi connectivity index (χ3v) is 5.33. The summed E-state index contributed by atoms with van der Waals surface area (Å²) < 4.78 is 20.1. The summed E-state index contributed by atoms with van der Waals surface area (Å²) in [4.78, 5) is 14.4. The normalized spacial score (nSPS) is 14.2. The van der Waals surface area contributed by atoms with Crippen LogP contribution in [0, 0.1) is 5.82 Å². The first-order valence-corrected chi connectivity index (χ1v) is 10.2. The SMILES string of the molecule is COc1cccc(CNC(=O)CN2CC=C(c3cnn(-c4ccc(F)cc4)c3)CC2)c1. The standard InChI is InChI=1S/C24H25FN4O2/c1-31-23-4-2-3-18(13-23)14-26-24(30)17-28-11-9-19(10-12-28)20-15-27-29(16-20)22-7-5-21(25)6-8-22/h2-9,13,15-16H,10-12,14,17H2,1H3,(H,26,30). The highest BCUT2D eigenvalue weighted by Crippen LogP contribution is 2.23. The van der Waals surface area contributed by atoms with E-state index in [4.69, 9.17) is 4.74 Å². The number of aromatic nitrogens is 2. The van der Waals surface area contributed by atoms with Gasteiger partial charge in [-0.15, -0.1) is 0 Å². The molecule has 1 aliphatic heterocycles. The van der Waals surface area contributed by atoms with Gasteiger partial charge in [0.2, 0.25) is 5.91 Å². The van der Waals surface area contributed by atoms with Crippen molar-refractivity contribution in [2.24, 2.45) is 0 Å². The van der Waals surface area contributed by atoms with Gasteiger partial charge in [-0.2, -0.15) is 5.10 Å². The Labute approximate surface area is 180 Å². The van der Waals surface area contributed by atoms with Crippen LogP contribution in [0.5, 0.6) is 5.75 Å². The Hall–Kier alpha value is -3.45. The zero-order valence-electron chi connectivity index (χ0n) is 17.4. The number of carbonyl (C=O) groups excluding carboxylic acids is 1. The fraction of sp³-hybridized carbons (Fsp3) is 0.250. The van der Waals surface area contributed by atoms with Crippen molar-refractivity contribution in [2.45, 2.75) is 13.0 Å². The van der Waals surface area contributed by atoms with E-state index in [1.54, 1.807) is 23.9 Å². The molecule has 31 heavy (non-hydrogen) atoms. The molecule has 0 bridgehead atoms. The molecule has 0 radical (unpaired) electrons. The molecule has 3 aromatic rings. The highest BCUT2D eigenvalue weighted by atomic mass is 19.1. The number of carbonyl (C=O) groups is 1. The summed E-state index contributed by atoms with van der Waals surface area (Å²) in [5.74, 6) is 0.519. The molecule has 0 saturated heterocycles. The topological polar surface area (TPSA) is 59.4 Å². The number of ether oxygens (including phenoxy) is 1. The number of amides is 1. The number of hydrogen-bond donors (Lipinski definition) is 1. The summed E-state index contributed by atoms with van der Waals surface area (Å²) in [5.41, 5.74) is 4.08. The second-order valence-electron chi connectivity index (χ2n) is 7.49. The Morgan fingerprint density at radius 2 is 2.06 bits per heavy atom. The van der Waals surface area contributed by atoms with Crippen molar-refractivity contribution in [3.05, 3.63) is 83.9 Å². The Morgan fingerprint density at radius 1 is 1.23 bits per heavy atom.